The van der Waals surface area contributed by atoms with E-state index in [9.17, 15) is 9.18 Å². The zero-order valence-electron chi connectivity index (χ0n) is 11.9. The molecule has 1 aromatic heterocycles. The van der Waals surface area contributed by atoms with E-state index in [-0.39, 0.29) is 17.8 Å². The Morgan fingerprint density at radius 3 is 3.00 bits per heavy atom. The van der Waals surface area contributed by atoms with Crippen molar-refractivity contribution in [1.82, 2.24) is 14.5 Å². The molecule has 21 heavy (non-hydrogen) atoms. The molecule has 1 amide bonds. The molecule has 1 aliphatic rings. The summed E-state index contributed by atoms with van der Waals surface area (Å²) in [7, 11) is 1.80. The summed E-state index contributed by atoms with van der Waals surface area (Å²) in [6.07, 6.45) is 1.89. The average Bonchev–Trinajstić information content (AvgIpc) is 2.80. The van der Waals surface area contributed by atoms with E-state index in [0.29, 0.717) is 25.3 Å². The van der Waals surface area contributed by atoms with Gasteiger partial charge in [0, 0.05) is 32.3 Å². The number of carbonyl (C=O) groups is 1. The molecule has 0 spiro atoms. The second-order valence-electron chi connectivity index (χ2n) is 5.44. The van der Waals surface area contributed by atoms with Gasteiger partial charge >= 0.3 is 0 Å². The summed E-state index contributed by atoms with van der Waals surface area (Å²) in [5.74, 6) is 1.20. The first-order valence-electron chi connectivity index (χ1n) is 7.06. The van der Waals surface area contributed by atoms with Crippen LogP contribution < -0.4 is 0 Å². The Morgan fingerprint density at radius 2 is 2.29 bits per heavy atom. The number of hydrogen-bond donors (Lipinski definition) is 0. The Kier molecular flexibility index (Phi) is 3.85. The SMILES string of the molecule is CN1CC(n2c(CCCl)nc3ccc(F)cc32)CCC1=O. The summed E-state index contributed by atoms with van der Waals surface area (Å²) in [4.78, 5) is 18.0. The molecule has 0 N–H and O–H groups in total. The summed E-state index contributed by atoms with van der Waals surface area (Å²) in [6.45, 7) is 0.621. The van der Waals surface area contributed by atoms with Crippen molar-refractivity contribution in [2.45, 2.75) is 25.3 Å². The number of hydrogen-bond acceptors (Lipinski definition) is 2. The van der Waals surface area contributed by atoms with E-state index in [4.69, 9.17) is 11.6 Å². The first-order valence-corrected chi connectivity index (χ1v) is 7.60. The summed E-state index contributed by atoms with van der Waals surface area (Å²) in [6, 6.07) is 4.74. The number of halogens is 2. The van der Waals surface area contributed by atoms with Crippen LogP contribution in [0.15, 0.2) is 18.2 Å². The lowest BCUT2D eigenvalue weighted by Crippen LogP contribution is -2.38. The molecule has 0 saturated carbocycles. The maximum Gasteiger partial charge on any atom is 0.222 e. The van der Waals surface area contributed by atoms with Gasteiger partial charge in [-0.1, -0.05) is 0 Å². The first-order chi connectivity index (χ1) is 10.1. The third-order valence-corrected chi connectivity index (χ3v) is 4.20. The molecule has 112 valence electrons. The van der Waals surface area contributed by atoms with Gasteiger partial charge in [-0.2, -0.15) is 0 Å². The van der Waals surface area contributed by atoms with Gasteiger partial charge in [0.15, 0.2) is 0 Å². The number of alkyl halides is 1. The number of nitrogens with zero attached hydrogens (tertiary/aromatic N) is 3. The molecule has 1 unspecified atom stereocenters. The highest BCUT2D eigenvalue weighted by molar-refractivity contribution is 6.17. The van der Waals surface area contributed by atoms with Gasteiger partial charge in [-0.3, -0.25) is 4.79 Å². The molecule has 1 saturated heterocycles. The molecular weight excluding hydrogens is 293 g/mol. The van der Waals surface area contributed by atoms with E-state index in [0.717, 1.165) is 23.3 Å². The predicted octanol–water partition coefficient (Wildman–Crippen LogP) is 2.75. The van der Waals surface area contributed by atoms with Crippen molar-refractivity contribution < 1.29 is 9.18 Å². The van der Waals surface area contributed by atoms with Crippen LogP contribution in [0.3, 0.4) is 0 Å². The topological polar surface area (TPSA) is 38.1 Å². The lowest BCUT2D eigenvalue weighted by Gasteiger charge is -2.31. The monoisotopic (exact) mass is 309 g/mol. The summed E-state index contributed by atoms with van der Waals surface area (Å²) >= 11 is 5.87. The fraction of sp³-hybridized carbons (Fsp3) is 0.467. The van der Waals surface area contributed by atoms with Crippen LogP contribution >= 0.6 is 11.6 Å². The van der Waals surface area contributed by atoms with E-state index < -0.39 is 0 Å². The second kappa shape index (κ2) is 5.64. The number of likely N-dealkylation sites (tertiary alicyclic amines) is 1. The van der Waals surface area contributed by atoms with Gasteiger partial charge in [0.05, 0.1) is 17.1 Å². The quantitative estimate of drug-likeness (QED) is 0.818. The van der Waals surface area contributed by atoms with Gasteiger partial charge in [-0.15, -0.1) is 11.6 Å². The van der Waals surface area contributed by atoms with Crippen LogP contribution in [0.1, 0.15) is 24.7 Å². The van der Waals surface area contributed by atoms with Gasteiger partial charge in [0.1, 0.15) is 11.6 Å². The van der Waals surface area contributed by atoms with Crippen LogP contribution in [0.2, 0.25) is 0 Å². The van der Waals surface area contributed by atoms with Crippen LogP contribution in [-0.2, 0) is 11.2 Å². The Bertz CT molecular complexity index is 685. The molecule has 1 aromatic carbocycles. The molecule has 0 aliphatic carbocycles. The highest BCUT2D eigenvalue weighted by Gasteiger charge is 2.27. The third-order valence-electron chi connectivity index (χ3n) is 4.01. The molecule has 1 fully saturated rings. The predicted molar refractivity (Wildman–Crippen MR) is 80.0 cm³/mol. The maximum absolute atomic E-state index is 13.6. The minimum Gasteiger partial charge on any atom is -0.344 e. The number of aromatic nitrogens is 2. The standard InChI is InChI=1S/C15H17ClFN3O/c1-19-9-11(3-5-15(19)21)20-13-8-10(17)2-4-12(13)18-14(20)6-7-16/h2,4,8,11H,3,5-7,9H2,1H3. The summed E-state index contributed by atoms with van der Waals surface area (Å²) < 4.78 is 15.6. The van der Waals surface area contributed by atoms with Crippen LogP contribution in [0.25, 0.3) is 11.0 Å². The normalized spacial score (nSPS) is 19.5. The number of rotatable bonds is 3. The fourth-order valence-electron chi connectivity index (χ4n) is 2.99. The zero-order valence-corrected chi connectivity index (χ0v) is 12.6. The summed E-state index contributed by atoms with van der Waals surface area (Å²) in [5, 5.41) is 0. The number of imidazole rings is 1. The van der Waals surface area contributed by atoms with E-state index in [2.05, 4.69) is 9.55 Å². The number of aryl methyl sites for hydroxylation is 1. The molecule has 3 rings (SSSR count). The zero-order chi connectivity index (χ0) is 15.0. The average molecular weight is 310 g/mol. The molecule has 0 radical (unpaired) electrons. The Hall–Kier alpha value is -1.62. The molecular formula is C15H17ClFN3O. The van der Waals surface area contributed by atoms with Crippen molar-refractivity contribution in [2.75, 3.05) is 19.5 Å². The van der Waals surface area contributed by atoms with Crippen molar-refractivity contribution in [2.24, 2.45) is 0 Å². The van der Waals surface area contributed by atoms with E-state index >= 15 is 0 Å². The van der Waals surface area contributed by atoms with Crippen LogP contribution in [0.5, 0.6) is 0 Å². The minimum absolute atomic E-state index is 0.123. The second-order valence-corrected chi connectivity index (χ2v) is 5.81. The number of likely N-dealkylation sites (N-methyl/N-ethyl adjacent to an activating group) is 1. The number of fused-ring (bicyclic) bond motifs is 1. The Labute approximate surface area is 127 Å². The van der Waals surface area contributed by atoms with Gasteiger partial charge < -0.3 is 9.47 Å². The Balaban J connectivity index is 2.08. The minimum atomic E-state index is -0.277. The molecule has 2 aromatic rings. The largest absolute Gasteiger partial charge is 0.344 e. The van der Waals surface area contributed by atoms with Crippen molar-refractivity contribution in [3.8, 4) is 0 Å². The number of benzene rings is 1. The molecule has 1 aliphatic heterocycles. The Morgan fingerprint density at radius 1 is 1.48 bits per heavy atom. The maximum atomic E-state index is 13.6. The molecule has 0 bridgehead atoms. The van der Waals surface area contributed by atoms with Crippen LogP contribution in [0.4, 0.5) is 4.39 Å². The van der Waals surface area contributed by atoms with E-state index in [1.807, 2.05) is 0 Å². The molecule has 4 nitrogen and oxygen atoms in total. The highest BCUT2D eigenvalue weighted by atomic mass is 35.5. The highest BCUT2D eigenvalue weighted by Crippen LogP contribution is 2.28. The van der Waals surface area contributed by atoms with Gasteiger partial charge in [-0.05, 0) is 24.6 Å². The van der Waals surface area contributed by atoms with Crippen molar-refractivity contribution >= 4 is 28.5 Å². The lowest BCUT2D eigenvalue weighted by atomic mass is 10.0. The van der Waals surface area contributed by atoms with Crippen molar-refractivity contribution in [3.05, 3.63) is 29.8 Å². The third kappa shape index (κ3) is 2.62. The van der Waals surface area contributed by atoms with Gasteiger partial charge in [-0.25, -0.2) is 9.37 Å². The molecule has 6 heteroatoms. The first kappa shape index (κ1) is 14.3. The van der Waals surface area contributed by atoms with Crippen molar-refractivity contribution in [1.29, 1.82) is 0 Å². The van der Waals surface area contributed by atoms with E-state index in [1.165, 1.54) is 12.1 Å². The smallest absolute Gasteiger partial charge is 0.222 e. The molecule has 1 atom stereocenters. The molecule has 2 heterocycles. The van der Waals surface area contributed by atoms with Gasteiger partial charge in [0.25, 0.3) is 0 Å². The fourth-order valence-corrected chi connectivity index (χ4v) is 3.15. The number of piperidine rings is 1. The van der Waals surface area contributed by atoms with E-state index in [1.54, 1.807) is 18.0 Å². The van der Waals surface area contributed by atoms with Crippen LogP contribution in [-0.4, -0.2) is 39.8 Å². The van der Waals surface area contributed by atoms with Crippen LogP contribution in [0, 0.1) is 5.82 Å². The van der Waals surface area contributed by atoms with Crippen molar-refractivity contribution in [3.63, 3.8) is 0 Å². The van der Waals surface area contributed by atoms with Gasteiger partial charge in [0.2, 0.25) is 5.91 Å². The summed E-state index contributed by atoms with van der Waals surface area (Å²) in [5.41, 5.74) is 1.55. The lowest BCUT2D eigenvalue weighted by molar-refractivity contribution is -0.132. The number of amides is 1. The number of carbonyl (C=O) groups excluding carboxylic acids is 1.